The largest absolute Gasteiger partial charge is 0.507 e. The zero-order chi connectivity index (χ0) is 13.7. The van der Waals surface area contributed by atoms with Crippen molar-refractivity contribution in [1.82, 2.24) is 5.48 Å². The molecule has 0 bridgehead atoms. The number of phenolic OH excluding ortho intramolecular Hbond substituents is 2. The molecular formula is C15H17NO3. The van der Waals surface area contributed by atoms with E-state index in [0.29, 0.717) is 12.2 Å². The topological polar surface area (TPSA) is 61.7 Å². The number of hydroxylamine groups is 1. The third-order valence-corrected chi connectivity index (χ3v) is 2.83. The summed E-state index contributed by atoms with van der Waals surface area (Å²) in [6, 6.07) is 14.1. The van der Waals surface area contributed by atoms with Crippen molar-refractivity contribution in [2.45, 2.75) is 19.6 Å². The maximum Gasteiger partial charge on any atom is 0.124 e. The van der Waals surface area contributed by atoms with Crippen molar-refractivity contribution in [3.05, 3.63) is 59.7 Å². The molecule has 0 radical (unpaired) electrons. The van der Waals surface area contributed by atoms with E-state index in [-0.39, 0.29) is 17.5 Å². The number of rotatable bonds is 5. The maximum absolute atomic E-state index is 9.72. The first-order chi connectivity index (χ1) is 9.18. The Morgan fingerprint density at radius 2 is 1.63 bits per heavy atom. The van der Waals surface area contributed by atoms with E-state index in [2.05, 4.69) is 5.48 Å². The molecule has 0 aliphatic rings. The minimum absolute atomic E-state index is 0.0447. The Balaban J connectivity index is 1.93. The minimum atomic E-state index is -0.315. The number of aromatic hydroxyl groups is 2. The highest BCUT2D eigenvalue weighted by Gasteiger charge is 2.14. The molecule has 0 amide bonds. The van der Waals surface area contributed by atoms with Crippen LogP contribution in [0.3, 0.4) is 0 Å². The van der Waals surface area contributed by atoms with Gasteiger partial charge in [0.05, 0.1) is 18.2 Å². The average molecular weight is 259 g/mol. The number of hydrogen-bond acceptors (Lipinski definition) is 4. The molecule has 0 aromatic heterocycles. The normalized spacial score (nSPS) is 12.3. The summed E-state index contributed by atoms with van der Waals surface area (Å²) in [4.78, 5) is 5.37. The molecule has 1 unspecified atom stereocenters. The molecule has 4 nitrogen and oxygen atoms in total. The second kappa shape index (κ2) is 6.22. The van der Waals surface area contributed by atoms with E-state index in [1.807, 2.05) is 30.3 Å². The first-order valence-corrected chi connectivity index (χ1v) is 6.10. The first kappa shape index (κ1) is 13.4. The summed E-state index contributed by atoms with van der Waals surface area (Å²) in [6.45, 7) is 2.22. The SMILES string of the molecule is CC(NOCc1ccccc1)c1c(O)cccc1O. The zero-order valence-corrected chi connectivity index (χ0v) is 10.7. The van der Waals surface area contributed by atoms with Crippen LogP contribution in [0.1, 0.15) is 24.1 Å². The summed E-state index contributed by atoms with van der Waals surface area (Å²) in [5, 5.41) is 19.4. The van der Waals surface area contributed by atoms with Gasteiger partial charge in [0.2, 0.25) is 0 Å². The summed E-state index contributed by atoms with van der Waals surface area (Å²) >= 11 is 0. The summed E-state index contributed by atoms with van der Waals surface area (Å²) in [5.41, 5.74) is 4.28. The summed E-state index contributed by atoms with van der Waals surface area (Å²) in [6.07, 6.45) is 0. The van der Waals surface area contributed by atoms with Crippen molar-refractivity contribution in [3.8, 4) is 11.5 Å². The number of benzene rings is 2. The highest BCUT2D eigenvalue weighted by Crippen LogP contribution is 2.32. The van der Waals surface area contributed by atoms with Crippen molar-refractivity contribution in [2.24, 2.45) is 0 Å². The van der Waals surface area contributed by atoms with Gasteiger partial charge in [-0.2, -0.15) is 5.48 Å². The van der Waals surface area contributed by atoms with E-state index < -0.39 is 0 Å². The van der Waals surface area contributed by atoms with Gasteiger partial charge in [0.15, 0.2) is 0 Å². The van der Waals surface area contributed by atoms with Crippen LogP contribution < -0.4 is 5.48 Å². The van der Waals surface area contributed by atoms with Crippen LogP contribution in [0.25, 0.3) is 0 Å². The Labute approximate surface area is 112 Å². The van der Waals surface area contributed by atoms with E-state index in [0.717, 1.165) is 5.56 Å². The van der Waals surface area contributed by atoms with Crippen molar-refractivity contribution in [1.29, 1.82) is 0 Å². The summed E-state index contributed by atoms with van der Waals surface area (Å²) in [5.74, 6) is 0.0895. The minimum Gasteiger partial charge on any atom is -0.507 e. The van der Waals surface area contributed by atoms with Gasteiger partial charge >= 0.3 is 0 Å². The molecule has 4 heteroatoms. The van der Waals surface area contributed by atoms with Gasteiger partial charge in [-0.05, 0) is 24.6 Å². The molecule has 100 valence electrons. The lowest BCUT2D eigenvalue weighted by atomic mass is 10.1. The van der Waals surface area contributed by atoms with Gasteiger partial charge in [0.25, 0.3) is 0 Å². The quantitative estimate of drug-likeness (QED) is 0.722. The molecule has 0 aliphatic heterocycles. The number of nitrogens with one attached hydrogen (secondary N) is 1. The monoisotopic (exact) mass is 259 g/mol. The maximum atomic E-state index is 9.72. The predicted molar refractivity (Wildman–Crippen MR) is 72.6 cm³/mol. The molecule has 3 N–H and O–H groups in total. The predicted octanol–water partition coefficient (Wildman–Crippen LogP) is 2.88. The van der Waals surface area contributed by atoms with Crippen molar-refractivity contribution in [2.75, 3.05) is 0 Å². The second-order valence-electron chi connectivity index (χ2n) is 4.32. The van der Waals surface area contributed by atoms with Gasteiger partial charge in [-0.3, -0.25) is 4.84 Å². The molecule has 0 saturated carbocycles. The zero-order valence-electron chi connectivity index (χ0n) is 10.7. The molecule has 0 spiro atoms. The molecule has 19 heavy (non-hydrogen) atoms. The Hall–Kier alpha value is -2.04. The molecule has 0 aliphatic carbocycles. The van der Waals surface area contributed by atoms with E-state index in [4.69, 9.17) is 4.84 Å². The second-order valence-corrected chi connectivity index (χ2v) is 4.32. The van der Waals surface area contributed by atoms with Crippen LogP contribution in [0.15, 0.2) is 48.5 Å². The Kier molecular flexibility index (Phi) is 4.39. The van der Waals surface area contributed by atoms with Crippen LogP contribution in [0, 0.1) is 0 Å². The Morgan fingerprint density at radius 1 is 1.00 bits per heavy atom. The van der Waals surface area contributed by atoms with Crippen LogP contribution in [0.5, 0.6) is 11.5 Å². The fraction of sp³-hybridized carbons (Fsp3) is 0.200. The molecule has 2 rings (SSSR count). The molecule has 2 aromatic carbocycles. The highest BCUT2D eigenvalue weighted by atomic mass is 16.6. The van der Waals surface area contributed by atoms with Gasteiger partial charge in [-0.25, -0.2) is 0 Å². The van der Waals surface area contributed by atoms with Crippen LogP contribution in [0.4, 0.5) is 0 Å². The van der Waals surface area contributed by atoms with Gasteiger partial charge < -0.3 is 10.2 Å². The molecule has 0 heterocycles. The highest BCUT2D eigenvalue weighted by molar-refractivity contribution is 5.44. The van der Waals surface area contributed by atoms with E-state index in [9.17, 15) is 10.2 Å². The third-order valence-electron chi connectivity index (χ3n) is 2.83. The van der Waals surface area contributed by atoms with Gasteiger partial charge in [0.1, 0.15) is 11.5 Å². The lowest BCUT2D eigenvalue weighted by Gasteiger charge is -2.16. The smallest absolute Gasteiger partial charge is 0.124 e. The molecule has 0 saturated heterocycles. The van der Waals surface area contributed by atoms with Crippen LogP contribution >= 0.6 is 0 Å². The van der Waals surface area contributed by atoms with Crippen molar-refractivity contribution < 1.29 is 15.1 Å². The standard InChI is InChI=1S/C15H17NO3/c1-11(15-13(17)8-5-9-14(15)18)16-19-10-12-6-3-2-4-7-12/h2-9,11,16-18H,10H2,1H3. The van der Waals surface area contributed by atoms with E-state index in [1.54, 1.807) is 13.0 Å². The van der Waals surface area contributed by atoms with Gasteiger partial charge in [-0.1, -0.05) is 36.4 Å². The molecular weight excluding hydrogens is 242 g/mol. The fourth-order valence-electron chi connectivity index (χ4n) is 1.87. The third kappa shape index (κ3) is 3.47. The van der Waals surface area contributed by atoms with Gasteiger partial charge in [0, 0.05) is 0 Å². The Morgan fingerprint density at radius 3 is 2.26 bits per heavy atom. The van der Waals surface area contributed by atoms with Crippen molar-refractivity contribution in [3.63, 3.8) is 0 Å². The lowest BCUT2D eigenvalue weighted by Crippen LogP contribution is -2.19. The van der Waals surface area contributed by atoms with Crippen LogP contribution in [0.2, 0.25) is 0 Å². The molecule has 0 fully saturated rings. The lowest BCUT2D eigenvalue weighted by molar-refractivity contribution is 0.00608. The van der Waals surface area contributed by atoms with Gasteiger partial charge in [-0.15, -0.1) is 0 Å². The number of phenols is 2. The Bertz CT molecular complexity index is 508. The van der Waals surface area contributed by atoms with Crippen LogP contribution in [-0.2, 0) is 11.4 Å². The van der Waals surface area contributed by atoms with E-state index >= 15 is 0 Å². The summed E-state index contributed by atoms with van der Waals surface area (Å²) < 4.78 is 0. The molecule has 1 atom stereocenters. The fourth-order valence-corrected chi connectivity index (χ4v) is 1.87. The van der Waals surface area contributed by atoms with E-state index in [1.165, 1.54) is 12.1 Å². The number of hydrogen-bond donors (Lipinski definition) is 3. The van der Waals surface area contributed by atoms with Crippen LogP contribution in [-0.4, -0.2) is 10.2 Å². The summed E-state index contributed by atoms with van der Waals surface area (Å²) in [7, 11) is 0. The molecule has 2 aromatic rings. The first-order valence-electron chi connectivity index (χ1n) is 6.10. The average Bonchev–Trinajstić information content (AvgIpc) is 2.40. The van der Waals surface area contributed by atoms with Crippen molar-refractivity contribution >= 4 is 0 Å².